The van der Waals surface area contributed by atoms with Gasteiger partial charge in [-0.1, -0.05) is 36.0 Å². The van der Waals surface area contributed by atoms with Crippen LogP contribution in [-0.2, 0) is 0 Å². The fourth-order valence-electron chi connectivity index (χ4n) is 2.40. The average molecular weight is 303 g/mol. The number of carbonyl (C=O) groups is 1. The number of aliphatic hydroxyl groups is 1. The zero-order chi connectivity index (χ0) is 13.8. The second-order valence-electron chi connectivity index (χ2n) is 4.82. The van der Waals surface area contributed by atoms with Gasteiger partial charge in [-0.05, 0) is 30.9 Å². The van der Waals surface area contributed by atoms with Crippen molar-refractivity contribution in [2.45, 2.75) is 31.8 Å². The first-order chi connectivity index (χ1) is 9.06. The summed E-state index contributed by atoms with van der Waals surface area (Å²) in [5.41, 5.74) is 0.351. The summed E-state index contributed by atoms with van der Waals surface area (Å²) < 4.78 is 0. The molecule has 4 nitrogen and oxygen atoms in total. The Labute approximate surface area is 122 Å². The molecule has 0 saturated heterocycles. The number of halogens is 2. The molecule has 0 radical (unpaired) electrons. The Morgan fingerprint density at radius 3 is 2.53 bits per heavy atom. The van der Waals surface area contributed by atoms with Crippen molar-refractivity contribution in [3.8, 4) is 0 Å². The molecule has 1 fully saturated rings. The average Bonchev–Trinajstić information content (AvgIpc) is 2.88. The van der Waals surface area contributed by atoms with Gasteiger partial charge in [-0.25, -0.2) is 4.98 Å². The van der Waals surface area contributed by atoms with Crippen LogP contribution in [0.5, 0.6) is 0 Å². The van der Waals surface area contributed by atoms with E-state index in [0.29, 0.717) is 11.5 Å². The zero-order valence-electron chi connectivity index (χ0n) is 10.4. The molecule has 104 valence electrons. The van der Waals surface area contributed by atoms with Crippen molar-refractivity contribution in [2.24, 2.45) is 5.92 Å². The van der Waals surface area contributed by atoms with Crippen molar-refractivity contribution in [3.63, 3.8) is 0 Å². The van der Waals surface area contributed by atoms with Crippen LogP contribution < -0.4 is 5.32 Å². The lowest BCUT2D eigenvalue weighted by Gasteiger charge is -2.18. The Hall–Kier alpha value is -0.840. The number of hydrogen-bond acceptors (Lipinski definition) is 3. The molecule has 1 aliphatic rings. The molecule has 19 heavy (non-hydrogen) atoms. The third kappa shape index (κ3) is 4.06. The summed E-state index contributed by atoms with van der Waals surface area (Å²) in [5, 5.41) is 13.0. The first-order valence-electron chi connectivity index (χ1n) is 6.35. The molecule has 1 amide bonds. The van der Waals surface area contributed by atoms with Gasteiger partial charge >= 0.3 is 0 Å². The van der Waals surface area contributed by atoms with E-state index < -0.39 is 6.10 Å². The maximum Gasteiger partial charge on any atom is 0.251 e. The van der Waals surface area contributed by atoms with Crippen molar-refractivity contribution in [1.82, 2.24) is 10.3 Å². The van der Waals surface area contributed by atoms with E-state index >= 15 is 0 Å². The van der Waals surface area contributed by atoms with Gasteiger partial charge in [-0.2, -0.15) is 0 Å². The van der Waals surface area contributed by atoms with E-state index in [4.69, 9.17) is 23.2 Å². The van der Waals surface area contributed by atoms with Crippen molar-refractivity contribution < 1.29 is 9.90 Å². The smallest absolute Gasteiger partial charge is 0.251 e. The Morgan fingerprint density at radius 1 is 1.37 bits per heavy atom. The van der Waals surface area contributed by atoms with Crippen LogP contribution in [0.1, 0.15) is 36.0 Å². The van der Waals surface area contributed by atoms with Gasteiger partial charge in [0.25, 0.3) is 5.91 Å². The third-order valence-electron chi connectivity index (χ3n) is 3.44. The number of hydrogen-bond donors (Lipinski definition) is 2. The minimum absolute atomic E-state index is 0.175. The summed E-state index contributed by atoms with van der Waals surface area (Å²) in [4.78, 5) is 15.7. The molecule has 1 aliphatic carbocycles. The predicted octanol–water partition coefficient (Wildman–Crippen LogP) is 2.67. The second kappa shape index (κ2) is 6.55. The monoisotopic (exact) mass is 302 g/mol. The van der Waals surface area contributed by atoms with Gasteiger partial charge in [0.05, 0.1) is 6.10 Å². The van der Waals surface area contributed by atoms with E-state index in [1.807, 2.05) is 0 Å². The largest absolute Gasteiger partial charge is 0.391 e. The van der Waals surface area contributed by atoms with Crippen LogP contribution in [0.25, 0.3) is 0 Å². The van der Waals surface area contributed by atoms with Crippen molar-refractivity contribution in [2.75, 3.05) is 6.54 Å². The summed E-state index contributed by atoms with van der Waals surface area (Å²) in [6, 6.07) is 2.90. The maximum atomic E-state index is 11.9. The molecule has 0 spiro atoms. The van der Waals surface area contributed by atoms with Gasteiger partial charge in [-0.15, -0.1) is 0 Å². The third-order valence-corrected chi connectivity index (χ3v) is 3.83. The maximum absolute atomic E-state index is 11.9. The molecule has 2 N–H and O–H groups in total. The molecule has 6 heteroatoms. The lowest BCUT2D eigenvalue weighted by Crippen LogP contribution is -2.35. The molecular formula is C13H16Cl2N2O2. The number of amides is 1. The summed E-state index contributed by atoms with van der Waals surface area (Å²) >= 11 is 11.5. The van der Waals surface area contributed by atoms with E-state index in [9.17, 15) is 9.90 Å². The number of pyridine rings is 1. The van der Waals surface area contributed by atoms with Gasteiger partial charge < -0.3 is 10.4 Å². The van der Waals surface area contributed by atoms with Crippen molar-refractivity contribution in [3.05, 3.63) is 28.0 Å². The van der Waals surface area contributed by atoms with Gasteiger partial charge in [0.1, 0.15) is 10.3 Å². The lowest BCUT2D eigenvalue weighted by molar-refractivity contribution is 0.0840. The first-order valence-corrected chi connectivity index (χ1v) is 7.11. The van der Waals surface area contributed by atoms with E-state index in [0.717, 1.165) is 25.7 Å². The highest BCUT2D eigenvalue weighted by molar-refractivity contribution is 6.33. The molecule has 1 heterocycles. The predicted molar refractivity (Wildman–Crippen MR) is 74.6 cm³/mol. The Balaban J connectivity index is 1.89. The fraction of sp³-hybridized carbons (Fsp3) is 0.538. The number of aliphatic hydroxyl groups excluding tert-OH is 1. The van der Waals surface area contributed by atoms with E-state index in [-0.39, 0.29) is 22.8 Å². The Morgan fingerprint density at radius 2 is 1.95 bits per heavy atom. The fourth-order valence-corrected chi connectivity index (χ4v) is 2.86. The summed E-state index contributed by atoms with van der Waals surface area (Å²) in [5.74, 6) is -0.00633. The Bertz CT molecular complexity index is 442. The quantitative estimate of drug-likeness (QED) is 0.841. The summed E-state index contributed by atoms with van der Waals surface area (Å²) in [6.07, 6.45) is 3.89. The van der Waals surface area contributed by atoms with Crippen LogP contribution in [0, 0.1) is 5.92 Å². The number of aromatic nitrogens is 1. The summed E-state index contributed by atoms with van der Waals surface area (Å²) in [7, 11) is 0. The molecule has 1 unspecified atom stereocenters. The molecule has 1 saturated carbocycles. The minimum Gasteiger partial charge on any atom is -0.391 e. The lowest BCUT2D eigenvalue weighted by atomic mass is 10.0. The standard InChI is InChI=1S/C13H16Cl2N2O2/c14-11-5-9(6-12(15)17-11)13(19)16-7-10(18)8-3-1-2-4-8/h5-6,8,10,18H,1-4,7H2,(H,16,19). The normalized spacial score (nSPS) is 17.4. The molecule has 1 atom stereocenters. The summed E-state index contributed by atoms with van der Waals surface area (Å²) in [6.45, 7) is 0.251. The minimum atomic E-state index is -0.487. The Kier molecular flexibility index (Phi) is 5.02. The van der Waals surface area contributed by atoms with Crippen molar-refractivity contribution in [1.29, 1.82) is 0 Å². The highest BCUT2D eigenvalue weighted by atomic mass is 35.5. The topological polar surface area (TPSA) is 62.2 Å². The SMILES string of the molecule is O=C(NCC(O)C1CCCC1)c1cc(Cl)nc(Cl)c1. The highest BCUT2D eigenvalue weighted by Gasteiger charge is 2.23. The van der Waals surface area contributed by atoms with Crippen molar-refractivity contribution >= 4 is 29.1 Å². The molecule has 0 aromatic carbocycles. The van der Waals surface area contributed by atoms with E-state index in [1.54, 1.807) is 0 Å². The van der Waals surface area contributed by atoms with Gasteiger partial charge in [-0.3, -0.25) is 4.79 Å². The van der Waals surface area contributed by atoms with Crippen LogP contribution in [-0.4, -0.2) is 28.6 Å². The van der Waals surface area contributed by atoms with Crippen LogP contribution in [0.15, 0.2) is 12.1 Å². The number of nitrogens with one attached hydrogen (secondary N) is 1. The van der Waals surface area contributed by atoms with Gasteiger partial charge in [0.15, 0.2) is 0 Å². The van der Waals surface area contributed by atoms with Crippen LogP contribution >= 0.6 is 23.2 Å². The first kappa shape index (κ1) is 14.6. The molecule has 0 aliphatic heterocycles. The number of rotatable bonds is 4. The van der Waals surface area contributed by atoms with E-state index in [2.05, 4.69) is 10.3 Å². The van der Waals surface area contributed by atoms with E-state index in [1.165, 1.54) is 12.1 Å². The molecule has 0 bridgehead atoms. The van der Waals surface area contributed by atoms with Gasteiger partial charge in [0, 0.05) is 12.1 Å². The zero-order valence-corrected chi connectivity index (χ0v) is 11.9. The molecule has 1 aromatic heterocycles. The number of carbonyl (C=O) groups excluding carboxylic acids is 1. The van der Waals surface area contributed by atoms with Crippen LogP contribution in [0.3, 0.4) is 0 Å². The van der Waals surface area contributed by atoms with Crippen LogP contribution in [0.2, 0.25) is 10.3 Å². The molecule has 1 aromatic rings. The van der Waals surface area contributed by atoms with Gasteiger partial charge in [0.2, 0.25) is 0 Å². The molecular weight excluding hydrogens is 287 g/mol. The molecule has 2 rings (SSSR count). The second-order valence-corrected chi connectivity index (χ2v) is 5.60. The number of nitrogens with zero attached hydrogens (tertiary/aromatic N) is 1. The highest BCUT2D eigenvalue weighted by Crippen LogP contribution is 2.27. The van der Waals surface area contributed by atoms with Crippen LogP contribution in [0.4, 0.5) is 0 Å².